The fourth-order valence-corrected chi connectivity index (χ4v) is 7.68. The molecule has 0 aromatic rings. The van der Waals surface area contributed by atoms with E-state index in [9.17, 15) is 4.79 Å². The molecule has 4 aliphatic rings. The molecule has 4 aliphatic carbocycles. The van der Waals surface area contributed by atoms with Crippen LogP contribution in [0.15, 0.2) is 11.6 Å². The third-order valence-corrected chi connectivity index (χ3v) is 9.04. The first-order valence-corrected chi connectivity index (χ1v) is 11.2. The predicted molar refractivity (Wildman–Crippen MR) is 104 cm³/mol. The zero-order valence-corrected chi connectivity index (χ0v) is 16.8. The second kappa shape index (κ2) is 6.54. The summed E-state index contributed by atoms with van der Waals surface area (Å²) in [7, 11) is 0. The predicted octanol–water partition coefficient (Wildman–Crippen LogP) is 6.71. The van der Waals surface area contributed by atoms with Crippen LogP contribution in [0.3, 0.4) is 0 Å². The van der Waals surface area contributed by atoms with Crippen molar-refractivity contribution in [2.45, 2.75) is 97.8 Å². The highest BCUT2D eigenvalue weighted by Gasteiger charge is 2.59. The van der Waals surface area contributed by atoms with Crippen LogP contribution in [0.5, 0.6) is 0 Å². The Hall–Kier alpha value is -0.590. The van der Waals surface area contributed by atoms with Crippen LogP contribution >= 0.6 is 0 Å². The summed E-state index contributed by atoms with van der Waals surface area (Å²) in [6, 6.07) is 0. The number of allylic oxidation sites excluding steroid dienone is 2. The molecule has 0 aliphatic heterocycles. The monoisotopic (exact) mass is 342 g/mol. The number of carbonyl (C=O) groups excluding carboxylic acids is 1. The van der Waals surface area contributed by atoms with Crippen LogP contribution in [0.4, 0.5) is 0 Å². The molecule has 0 amide bonds. The first-order valence-electron chi connectivity index (χ1n) is 11.2. The molecule has 0 bridgehead atoms. The molecule has 4 rings (SSSR count). The number of hydrogen-bond acceptors (Lipinski definition) is 1. The molecule has 6 atom stereocenters. The molecule has 0 aromatic heterocycles. The van der Waals surface area contributed by atoms with Gasteiger partial charge in [0, 0.05) is 11.8 Å². The maximum Gasteiger partial charge on any atom is 0.139 e. The minimum Gasteiger partial charge on any atom is -0.299 e. The standard InChI is InChI=1S/C24H38O/c1-4-5-6-9-17-16-18-20-11-12-22(25)24(20,3)15-13-21(18)23(2)14-8-7-10-19(17)23/h10,17-18,20-21H,4-9,11-16H2,1-3H3/t17-,18?,20?,21?,23?,24?/m1/s1. The molecule has 3 fully saturated rings. The van der Waals surface area contributed by atoms with Gasteiger partial charge in [0.2, 0.25) is 0 Å². The van der Waals surface area contributed by atoms with E-state index in [4.69, 9.17) is 0 Å². The SMILES string of the molecule is CCCCC[C@@H]1CC2C3CCC(=O)C3(C)CCC2C2(C)CCCC=C12. The van der Waals surface area contributed by atoms with Crippen molar-refractivity contribution in [1.29, 1.82) is 0 Å². The number of hydrogen-bond donors (Lipinski definition) is 0. The maximum atomic E-state index is 12.6. The Bertz CT molecular complexity index is 560. The van der Waals surface area contributed by atoms with Crippen LogP contribution in [0.25, 0.3) is 0 Å². The zero-order chi connectivity index (χ0) is 17.7. The Kier molecular flexibility index (Phi) is 4.66. The largest absolute Gasteiger partial charge is 0.299 e. The third kappa shape index (κ3) is 2.67. The van der Waals surface area contributed by atoms with E-state index in [1.807, 2.05) is 5.57 Å². The van der Waals surface area contributed by atoms with Gasteiger partial charge in [-0.2, -0.15) is 0 Å². The zero-order valence-electron chi connectivity index (χ0n) is 16.8. The molecular weight excluding hydrogens is 304 g/mol. The molecule has 0 heterocycles. The number of ketones is 1. The lowest BCUT2D eigenvalue weighted by Crippen LogP contribution is -2.52. The molecule has 5 unspecified atom stereocenters. The minimum atomic E-state index is 0.0291. The Balaban J connectivity index is 1.65. The van der Waals surface area contributed by atoms with E-state index in [1.165, 1.54) is 70.6 Å². The van der Waals surface area contributed by atoms with Crippen molar-refractivity contribution in [1.82, 2.24) is 0 Å². The molecule has 0 radical (unpaired) electrons. The fraction of sp³-hybridized carbons (Fsp3) is 0.875. The summed E-state index contributed by atoms with van der Waals surface area (Å²) in [4.78, 5) is 12.6. The molecule has 1 nitrogen and oxygen atoms in total. The van der Waals surface area contributed by atoms with Gasteiger partial charge in [-0.15, -0.1) is 0 Å². The molecular formula is C24H38O. The molecule has 0 N–H and O–H groups in total. The average Bonchev–Trinajstić information content (AvgIpc) is 2.90. The van der Waals surface area contributed by atoms with Gasteiger partial charge < -0.3 is 0 Å². The highest BCUT2D eigenvalue weighted by molar-refractivity contribution is 5.87. The number of Topliss-reactive ketones (excluding diaryl/α,β-unsaturated/α-hetero) is 1. The first kappa shape index (κ1) is 17.8. The molecule has 0 spiro atoms. The molecule has 1 heteroatoms. The summed E-state index contributed by atoms with van der Waals surface area (Å²) in [5.41, 5.74) is 2.33. The van der Waals surface area contributed by atoms with Crippen molar-refractivity contribution in [2.75, 3.05) is 0 Å². The summed E-state index contributed by atoms with van der Waals surface area (Å²) in [6.45, 7) is 7.25. The third-order valence-electron chi connectivity index (χ3n) is 9.04. The van der Waals surface area contributed by atoms with Gasteiger partial charge in [-0.25, -0.2) is 0 Å². The van der Waals surface area contributed by atoms with E-state index < -0.39 is 0 Å². The van der Waals surface area contributed by atoms with Gasteiger partial charge in [-0.3, -0.25) is 4.79 Å². The van der Waals surface area contributed by atoms with E-state index in [0.29, 0.717) is 17.1 Å². The second-order valence-corrected chi connectivity index (χ2v) is 10.2. The summed E-state index contributed by atoms with van der Waals surface area (Å²) >= 11 is 0. The van der Waals surface area contributed by atoms with Crippen LogP contribution in [0.2, 0.25) is 0 Å². The topological polar surface area (TPSA) is 17.1 Å². The quantitative estimate of drug-likeness (QED) is 0.409. The normalized spacial score (nSPS) is 46.2. The lowest BCUT2D eigenvalue weighted by Gasteiger charge is -2.59. The molecule has 3 saturated carbocycles. The lowest BCUT2D eigenvalue weighted by atomic mass is 9.45. The van der Waals surface area contributed by atoms with E-state index in [2.05, 4.69) is 26.8 Å². The number of carbonyl (C=O) groups is 1. The number of rotatable bonds is 4. The summed E-state index contributed by atoms with van der Waals surface area (Å²) in [6.07, 6.45) is 18.2. The lowest BCUT2D eigenvalue weighted by molar-refractivity contribution is -0.133. The van der Waals surface area contributed by atoms with Crippen molar-refractivity contribution in [3.8, 4) is 0 Å². The van der Waals surface area contributed by atoms with Gasteiger partial charge in [0.05, 0.1) is 0 Å². The van der Waals surface area contributed by atoms with E-state index in [-0.39, 0.29) is 5.41 Å². The van der Waals surface area contributed by atoms with E-state index in [0.717, 1.165) is 24.2 Å². The van der Waals surface area contributed by atoms with Crippen LogP contribution in [-0.2, 0) is 4.79 Å². The molecule has 0 saturated heterocycles. The van der Waals surface area contributed by atoms with Gasteiger partial charge in [-0.1, -0.05) is 51.7 Å². The van der Waals surface area contributed by atoms with Crippen molar-refractivity contribution >= 4 is 5.78 Å². The first-order chi connectivity index (χ1) is 12.0. The summed E-state index contributed by atoms with van der Waals surface area (Å²) < 4.78 is 0. The summed E-state index contributed by atoms with van der Waals surface area (Å²) in [5, 5.41) is 0. The van der Waals surface area contributed by atoms with Gasteiger partial charge in [-0.05, 0) is 80.5 Å². The fourth-order valence-electron chi connectivity index (χ4n) is 7.68. The van der Waals surface area contributed by atoms with Crippen molar-refractivity contribution in [3.05, 3.63) is 11.6 Å². The summed E-state index contributed by atoms with van der Waals surface area (Å²) in [5.74, 6) is 3.76. The van der Waals surface area contributed by atoms with Gasteiger partial charge in [0.1, 0.15) is 5.78 Å². The number of unbranched alkanes of at least 4 members (excludes halogenated alkanes) is 2. The Morgan fingerprint density at radius 3 is 2.68 bits per heavy atom. The number of fused-ring (bicyclic) bond motifs is 5. The minimum absolute atomic E-state index is 0.0291. The van der Waals surface area contributed by atoms with Crippen LogP contribution < -0.4 is 0 Å². The van der Waals surface area contributed by atoms with Crippen LogP contribution in [0.1, 0.15) is 97.8 Å². The Morgan fingerprint density at radius 2 is 1.88 bits per heavy atom. The van der Waals surface area contributed by atoms with Crippen molar-refractivity contribution in [3.63, 3.8) is 0 Å². The maximum absolute atomic E-state index is 12.6. The van der Waals surface area contributed by atoms with Gasteiger partial charge in [0.25, 0.3) is 0 Å². The molecule has 140 valence electrons. The second-order valence-electron chi connectivity index (χ2n) is 10.2. The van der Waals surface area contributed by atoms with Crippen LogP contribution in [-0.4, -0.2) is 5.78 Å². The van der Waals surface area contributed by atoms with E-state index >= 15 is 0 Å². The van der Waals surface area contributed by atoms with Crippen molar-refractivity contribution < 1.29 is 4.79 Å². The van der Waals surface area contributed by atoms with Gasteiger partial charge >= 0.3 is 0 Å². The average molecular weight is 343 g/mol. The molecule has 25 heavy (non-hydrogen) atoms. The smallest absolute Gasteiger partial charge is 0.139 e. The van der Waals surface area contributed by atoms with Crippen molar-refractivity contribution in [2.24, 2.45) is 34.5 Å². The Labute approximate surface area is 155 Å². The highest BCUT2D eigenvalue weighted by Crippen LogP contribution is 2.66. The highest BCUT2D eigenvalue weighted by atomic mass is 16.1. The Morgan fingerprint density at radius 1 is 1.08 bits per heavy atom. The van der Waals surface area contributed by atoms with E-state index in [1.54, 1.807) is 0 Å². The van der Waals surface area contributed by atoms with Crippen LogP contribution in [0, 0.1) is 34.5 Å². The molecule has 0 aromatic carbocycles. The van der Waals surface area contributed by atoms with Gasteiger partial charge in [0.15, 0.2) is 0 Å².